The topological polar surface area (TPSA) is 84.6 Å². The Morgan fingerprint density at radius 2 is 2.05 bits per heavy atom. The number of methoxy groups -OCH3 is 1. The van der Waals surface area contributed by atoms with Crippen molar-refractivity contribution in [2.45, 2.75) is 6.92 Å². The maximum absolute atomic E-state index is 12.2. The van der Waals surface area contributed by atoms with Crippen LogP contribution in [0.25, 0.3) is 0 Å². The number of carbonyl (C=O) groups excluding carboxylic acids is 1. The summed E-state index contributed by atoms with van der Waals surface area (Å²) in [7, 11) is 1.51. The number of para-hydroxylation sites is 1. The summed E-state index contributed by atoms with van der Waals surface area (Å²) in [6, 6.07) is 9.96. The van der Waals surface area contributed by atoms with Crippen LogP contribution in [0.3, 0.4) is 0 Å². The molecule has 0 spiro atoms. The molecule has 2 rings (SSSR count). The molecule has 0 heterocycles. The van der Waals surface area contributed by atoms with Gasteiger partial charge in [0.1, 0.15) is 11.5 Å². The molecule has 1 amide bonds. The van der Waals surface area contributed by atoms with Gasteiger partial charge in [-0.25, -0.2) is 0 Å². The molecule has 0 atom stereocenters. The number of nitrogen functional groups attached to an aromatic ring is 1. The first kappa shape index (κ1) is 13.7. The lowest BCUT2D eigenvalue weighted by Gasteiger charge is -2.11. The normalized spacial score (nSPS) is 10.1. The number of amides is 1. The van der Waals surface area contributed by atoms with E-state index in [0.717, 1.165) is 0 Å². The summed E-state index contributed by atoms with van der Waals surface area (Å²) in [6.07, 6.45) is 0. The van der Waals surface area contributed by atoms with E-state index in [-0.39, 0.29) is 5.75 Å². The third-order valence-electron chi connectivity index (χ3n) is 2.99. The zero-order valence-corrected chi connectivity index (χ0v) is 11.3. The van der Waals surface area contributed by atoms with Gasteiger partial charge in [0, 0.05) is 5.69 Å². The van der Waals surface area contributed by atoms with E-state index in [1.54, 1.807) is 43.3 Å². The molecule has 0 bridgehead atoms. The van der Waals surface area contributed by atoms with Gasteiger partial charge in [-0.2, -0.15) is 0 Å². The fourth-order valence-corrected chi connectivity index (χ4v) is 1.81. The Kier molecular flexibility index (Phi) is 3.79. The highest BCUT2D eigenvalue weighted by molar-refractivity contribution is 6.08. The smallest absolute Gasteiger partial charge is 0.257 e. The number of anilines is 2. The van der Waals surface area contributed by atoms with Crippen molar-refractivity contribution in [1.82, 2.24) is 0 Å². The van der Waals surface area contributed by atoms with E-state index in [1.165, 1.54) is 7.11 Å². The van der Waals surface area contributed by atoms with Crippen LogP contribution >= 0.6 is 0 Å². The average Bonchev–Trinajstić information content (AvgIpc) is 2.44. The molecule has 0 radical (unpaired) electrons. The van der Waals surface area contributed by atoms with E-state index in [4.69, 9.17) is 10.5 Å². The van der Waals surface area contributed by atoms with E-state index in [1.807, 2.05) is 0 Å². The molecule has 0 aliphatic heterocycles. The molecule has 0 aliphatic rings. The molecule has 104 valence electrons. The van der Waals surface area contributed by atoms with Crippen molar-refractivity contribution in [3.8, 4) is 11.5 Å². The number of aryl methyl sites for hydroxylation is 1. The van der Waals surface area contributed by atoms with Crippen molar-refractivity contribution in [2.75, 3.05) is 18.2 Å². The van der Waals surface area contributed by atoms with Crippen molar-refractivity contribution in [3.63, 3.8) is 0 Å². The predicted octanol–water partition coefficient (Wildman–Crippen LogP) is 2.54. The zero-order chi connectivity index (χ0) is 14.7. The van der Waals surface area contributed by atoms with E-state index >= 15 is 0 Å². The Bertz CT molecular complexity index is 654. The number of nitrogens with one attached hydrogen (secondary N) is 1. The van der Waals surface area contributed by atoms with Gasteiger partial charge in [0.05, 0.1) is 18.4 Å². The Balaban J connectivity index is 2.30. The van der Waals surface area contributed by atoms with Crippen molar-refractivity contribution >= 4 is 17.3 Å². The molecule has 0 unspecified atom stereocenters. The van der Waals surface area contributed by atoms with Crippen LogP contribution in [0, 0.1) is 6.92 Å². The molecule has 0 fully saturated rings. The molecule has 2 aromatic carbocycles. The fourth-order valence-electron chi connectivity index (χ4n) is 1.81. The summed E-state index contributed by atoms with van der Waals surface area (Å²) in [5, 5.41) is 12.5. The first-order valence-corrected chi connectivity index (χ1v) is 6.06. The molecule has 5 heteroatoms. The molecule has 0 aliphatic carbocycles. The van der Waals surface area contributed by atoms with Gasteiger partial charge in [-0.3, -0.25) is 4.79 Å². The van der Waals surface area contributed by atoms with Gasteiger partial charge in [-0.1, -0.05) is 12.1 Å². The number of benzene rings is 2. The second-order valence-corrected chi connectivity index (χ2v) is 4.38. The summed E-state index contributed by atoms with van der Waals surface area (Å²) in [5.74, 6) is 0.183. The Labute approximate surface area is 117 Å². The maximum Gasteiger partial charge on any atom is 0.257 e. The van der Waals surface area contributed by atoms with Crippen molar-refractivity contribution in [2.24, 2.45) is 0 Å². The van der Waals surface area contributed by atoms with E-state index < -0.39 is 5.91 Å². The molecular formula is C15H16N2O3. The van der Waals surface area contributed by atoms with Gasteiger partial charge in [0.25, 0.3) is 5.91 Å². The average molecular weight is 272 g/mol. The third-order valence-corrected chi connectivity index (χ3v) is 2.99. The summed E-state index contributed by atoms with van der Waals surface area (Å²) in [5.41, 5.74) is 7.45. The van der Waals surface area contributed by atoms with Crippen LogP contribution in [-0.2, 0) is 0 Å². The lowest BCUT2D eigenvalue weighted by Crippen LogP contribution is -2.14. The van der Waals surface area contributed by atoms with E-state index in [2.05, 4.69) is 5.32 Å². The molecule has 0 saturated heterocycles. The number of nitrogens with two attached hydrogens (primary N) is 1. The van der Waals surface area contributed by atoms with Gasteiger partial charge in [0.15, 0.2) is 0 Å². The highest BCUT2D eigenvalue weighted by Gasteiger charge is 2.13. The largest absolute Gasteiger partial charge is 0.505 e. The van der Waals surface area contributed by atoms with E-state index in [0.29, 0.717) is 28.3 Å². The second kappa shape index (κ2) is 5.52. The molecular weight excluding hydrogens is 256 g/mol. The van der Waals surface area contributed by atoms with Gasteiger partial charge < -0.3 is 20.9 Å². The summed E-state index contributed by atoms with van der Waals surface area (Å²) in [4.78, 5) is 12.2. The van der Waals surface area contributed by atoms with Gasteiger partial charge >= 0.3 is 0 Å². The molecule has 0 saturated carbocycles. The Hall–Kier alpha value is -2.69. The summed E-state index contributed by atoms with van der Waals surface area (Å²) in [6.45, 7) is 1.75. The van der Waals surface area contributed by atoms with Crippen LogP contribution in [0.5, 0.6) is 11.5 Å². The monoisotopic (exact) mass is 272 g/mol. The lowest BCUT2D eigenvalue weighted by molar-refractivity contribution is 0.102. The van der Waals surface area contributed by atoms with Crippen LogP contribution in [0.4, 0.5) is 11.4 Å². The number of ether oxygens (including phenoxy) is 1. The van der Waals surface area contributed by atoms with Crippen LogP contribution in [0.1, 0.15) is 15.9 Å². The van der Waals surface area contributed by atoms with Gasteiger partial charge in [-0.15, -0.1) is 0 Å². The number of hydrogen-bond acceptors (Lipinski definition) is 4. The standard InChI is InChI=1S/C15H16N2O3/c1-9-4-3-5-13(14(9)18)17-15(19)11-8-10(20-2)6-7-12(11)16/h3-8,18H,16H2,1-2H3,(H,17,19). The van der Waals surface area contributed by atoms with E-state index in [9.17, 15) is 9.90 Å². The number of phenolic OH excluding ortho intramolecular Hbond substituents is 1. The van der Waals surface area contributed by atoms with Crippen LogP contribution < -0.4 is 15.8 Å². The number of carbonyl (C=O) groups is 1. The highest BCUT2D eigenvalue weighted by Crippen LogP contribution is 2.28. The Morgan fingerprint density at radius 3 is 2.75 bits per heavy atom. The fraction of sp³-hybridized carbons (Fsp3) is 0.133. The minimum absolute atomic E-state index is 0.0438. The molecule has 20 heavy (non-hydrogen) atoms. The number of rotatable bonds is 3. The van der Waals surface area contributed by atoms with Crippen molar-refractivity contribution in [3.05, 3.63) is 47.5 Å². The van der Waals surface area contributed by atoms with Gasteiger partial charge in [-0.05, 0) is 36.8 Å². The number of hydrogen-bond donors (Lipinski definition) is 3. The maximum atomic E-state index is 12.2. The summed E-state index contributed by atoms with van der Waals surface area (Å²) >= 11 is 0. The SMILES string of the molecule is COc1ccc(N)c(C(=O)Nc2cccc(C)c2O)c1. The molecule has 2 aromatic rings. The van der Waals surface area contributed by atoms with Gasteiger partial charge in [0.2, 0.25) is 0 Å². The predicted molar refractivity (Wildman–Crippen MR) is 78.2 cm³/mol. The van der Waals surface area contributed by atoms with Crippen LogP contribution in [0.15, 0.2) is 36.4 Å². The number of phenols is 1. The zero-order valence-electron chi connectivity index (χ0n) is 11.3. The lowest BCUT2D eigenvalue weighted by atomic mass is 10.1. The number of aromatic hydroxyl groups is 1. The molecule has 0 aromatic heterocycles. The van der Waals surface area contributed by atoms with Crippen molar-refractivity contribution in [1.29, 1.82) is 0 Å². The highest BCUT2D eigenvalue weighted by atomic mass is 16.5. The minimum Gasteiger partial charge on any atom is -0.505 e. The first-order chi connectivity index (χ1) is 9.52. The summed E-state index contributed by atoms with van der Waals surface area (Å²) < 4.78 is 5.07. The molecule has 5 nitrogen and oxygen atoms in total. The first-order valence-electron chi connectivity index (χ1n) is 6.06. The third kappa shape index (κ3) is 2.66. The van der Waals surface area contributed by atoms with Crippen LogP contribution in [-0.4, -0.2) is 18.1 Å². The van der Waals surface area contributed by atoms with Crippen molar-refractivity contribution < 1.29 is 14.6 Å². The second-order valence-electron chi connectivity index (χ2n) is 4.38. The minimum atomic E-state index is -0.401. The molecule has 4 N–H and O–H groups in total. The van der Waals surface area contributed by atoms with Crippen LogP contribution in [0.2, 0.25) is 0 Å². The Morgan fingerprint density at radius 1 is 1.30 bits per heavy atom. The quantitative estimate of drug-likeness (QED) is 0.592.